The molecule has 21 heavy (non-hydrogen) atoms. The van der Waals surface area contributed by atoms with Crippen LogP contribution in [0.1, 0.15) is 16.2 Å². The minimum atomic E-state index is -0.308. The van der Waals surface area contributed by atoms with E-state index in [1.807, 2.05) is 6.07 Å². The van der Waals surface area contributed by atoms with Gasteiger partial charge in [0.2, 0.25) is 0 Å². The number of ether oxygens (including phenoxy) is 1. The highest BCUT2D eigenvalue weighted by molar-refractivity contribution is 6.02. The van der Waals surface area contributed by atoms with E-state index in [2.05, 4.69) is 20.4 Å². The summed E-state index contributed by atoms with van der Waals surface area (Å²) in [7, 11) is 0. The fourth-order valence-electron chi connectivity index (χ4n) is 2.13. The van der Waals surface area contributed by atoms with E-state index in [-0.39, 0.29) is 5.91 Å². The number of amides is 1. The highest BCUT2D eigenvalue weighted by Gasteiger charge is 2.14. The lowest BCUT2D eigenvalue weighted by atomic mass is 10.3. The molecule has 1 amide bonds. The molecular weight excluding hydrogens is 272 g/mol. The number of nitrogens with zero attached hydrogens (tertiary/aromatic N) is 3. The molecule has 0 aromatic carbocycles. The summed E-state index contributed by atoms with van der Waals surface area (Å²) >= 11 is 0. The molecular formula is C14H16N4O3. The van der Waals surface area contributed by atoms with Crippen LogP contribution in [-0.4, -0.2) is 42.4 Å². The van der Waals surface area contributed by atoms with E-state index in [4.69, 9.17) is 9.26 Å². The average Bonchev–Trinajstić information content (AvgIpc) is 2.93. The summed E-state index contributed by atoms with van der Waals surface area (Å²) in [5.74, 6) is 0.717. The Hall–Kier alpha value is -2.41. The second-order valence-corrected chi connectivity index (χ2v) is 4.78. The molecule has 0 atom stereocenters. The molecule has 2 aromatic rings. The Morgan fingerprint density at radius 3 is 2.76 bits per heavy atom. The van der Waals surface area contributed by atoms with Crippen LogP contribution in [0.4, 0.5) is 11.5 Å². The summed E-state index contributed by atoms with van der Waals surface area (Å²) < 4.78 is 10.2. The van der Waals surface area contributed by atoms with Crippen LogP contribution in [0.25, 0.3) is 0 Å². The first kappa shape index (κ1) is 13.6. The molecule has 1 aliphatic heterocycles. The van der Waals surface area contributed by atoms with Crippen LogP contribution in [0.5, 0.6) is 0 Å². The lowest BCUT2D eigenvalue weighted by Crippen LogP contribution is -2.36. The molecule has 0 radical (unpaired) electrons. The van der Waals surface area contributed by atoms with Crippen molar-refractivity contribution in [2.75, 3.05) is 36.5 Å². The molecule has 0 unspecified atom stereocenters. The molecule has 1 aliphatic rings. The van der Waals surface area contributed by atoms with Gasteiger partial charge < -0.3 is 19.5 Å². The second kappa shape index (κ2) is 5.92. The van der Waals surface area contributed by atoms with Crippen LogP contribution < -0.4 is 10.2 Å². The number of hydrogen-bond donors (Lipinski definition) is 1. The topological polar surface area (TPSA) is 80.5 Å². The third-order valence-electron chi connectivity index (χ3n) is 3.23. The molecule has 0 aliphatic carbocycles. The first-order chi connectivity index (χ1) is 10.2. The zero-order chi connectivity index (χ0) is 14.7. The summed E-state index contributed by atoms with van der Waals surface area (Å²) in [5.41, 5.74) is 1.33. The largest absolute Gasteiger partial charge is 0.378 e. The standard InChI is InChI=1S/C14H16N4O3/c1-10-8-13(17-21-10)16-14(19)12-3-2-11(9-15-12)18-4-6-20-7-5-18/h2-3,8-9H,4-7H2,1H3,(H,16,17,19). The molecule has 1 saturated heterocycles. The number of aryl methyl sites for hydroxylation is 1. The summed E-state index contributed by atoms with van der Waals surface area (Å²) in [5, 5.41) is 6.35. The van der Waals surface area contributed by atoms with E-state index in [0.29, 0.717) is 30.5 Å². The van der Waals surface area contributed by atoms with Gasteiger partial charge in [0.05, 0.1) is 25.1 Å². The van der Waals surface area contributed by atoms with Gasteiger partial charge in [-0.05, 0) is 19.1 Å². The summed E-state index contributed by atoms with van der Waals surface area (Å²) in [6, 6.07) is 5.24. The molecule has 0 bridgehead atoms. The molecule has 3 heterocycles. The van der Waals surface area contributed by atoms with E-state index in [0.717, 1.165) is 18.8 Å². The zero-order valence-electron chi connectivity index (χ0n) is 11.7. The van der Waals surface area contributed by atoms with Crippen LogP contribution in [0, 0.1) is 6.92 Å². The van der Waals surface area contributed by atoms with Crippen molar-refractivity contribution >= 4 is 17.4 Å². The van der Waals surface area contributed by atoms with E-state index in [1.165, 1.54) is 0 Å². The maximum Gasteiger partial charge on any atom is 0.275 e. The lowest BCUT2D eigenvalue weighted by Gasteiger charge is -2.28. The number of rotatable bonds is 3. The van der Waals surface area contributed by atoms with Crippen LogP contribution in [-0.2, 0) is 4.74 Å². The summed E-state index contributed by atoms with van der Waals surface area (Å²) in [6.07, 6.45) is 1.70. The summed E-state index contributed by atoms with van der Waals surface area (Å²) in [4.78, 5) is 18.4. The number of morpholine rings is 1. The van der Waals surface area contributed by atoms with Gasteiger partial charge in [-0.2, -0.15) is 0 Å². The Morgan fingerprint density at radius 2 is 2.14 bits per heavy atom. The monoisotopic (exact) mass is 288 g/mol. The number of aromatic nitrogens is 2. The number of carbonyl (C=O) groups excluding carboxylic acids is 1. The lowest BCUT2D eigenvalue weighted by molar-refractivity contribution is 0.102. The number of hydrogen-bond acceptors (Lipinski definition) is 6. The second-order valence-electron chi connectivity index (χ2n) is 4.78. The Bertz CT molecular complexity index is 617. The van der Waals surface area contributed by atoms with E-state index in [1.54, 1.807) is 25.3 Å². The maximum atomic E-state index is 12.0. The predicted octanol–water partition coefficient (Wildman–Crippen LogP) is 1.47. The van der Waals surface area contributed by atoms with Crippen molar-refractivity contribution in [1.82, 2.24) is 10.1 Å². The van der Waals surface area contributed by atoms with Crippen molar-refractivity contribution in [3.63, 3.8) is 0 Å². The summed E-state index contributed by atoms with van der Waals surface area (Å²) in [6.45, 7) is 4.87. The van der Waals surface area contributed by atoms with Crippen molar-refractivity contribution in [3.8, 4) is 0 Å². The number of pyridine rings is 1. The normalized spacial score (nSPS) is 15.0. The molecule has 1 fully saturated rings. The Kier molecular flexibility index (Phi) is 3.83. The van der Waals surface area contributed by atoms with E-state index >= 15 is 0 Å². The van der Waals surface area contributed by atoms with Crippen molar-refractivity contribution in [2.45, 2.75) is 6.92 Å². The third kappa shape index (κ3) is 3.19. The van der Waals surface area contributed by atoms with E-state index in [9.17, 15) is 4.79 Å². The third-order valence-corrected chi connectivity index (χ3v) is 3.23. The van der Waals surface area contributed by atoms with Crippen molar-refractivity contribution in [3.05, 3.63) is 35.9 Å². The van der Waals surface area contributed by atoms with Gasteiger partial charge in [0.1, 0.15) is 11.5 Å². The van der Waals surface area contributed by atoms with Crippen LogP contribution in [0.2, 0.25) is 0 Å². The highest BCUT2D eigenvalue weighted by atomic mass is 16.5. The fraction of sp³-hybridized carbons (Fsp3) is 0.357. The smallest absolute Gasteiger partial charge is 0.275 e. The van der Waals surface area contributed by atoms with Crippen molar-refractivity contribution in [2.24, 2.45) is 0 Å². The van der Waals surface area contributed by atoms with Gasteiger partial charge in [-0.3, -0.25) is 4.79 Å². The average molecular weight is 288 g/mol. The molecule has 2 aromatic heterocycles. The number of anilines is 2. The molecule has 110 valence electrons. The minimum absolute atomic E-state index is 0.308. The van der Waals surface area contributed by atoms with Gasteiger partial charge in [0.25, 0.3) is 5.91 Å². The van der Waals surface area contributed by atoms with E-state index < -0.39 is 0 Å². The molecule has 7 heteroatoms. The van der Waals surface area contributed by atoms with Gasteiger partial charge in [-0.1, -0.05) is 5.16 Å². The van der Waals surface area contributed by atoms with Crippen molar-refractivity contribution in [1.29, 1.82) is 0 Å². The Morgan fingerprint density at radius 1 is 1.33 bits per heavy atom. The van der Waals surface area contributed by atoms with Gasteiger partial charge in [0, 0.05) is 19.2 Å². The zero-order valence-corrected chi connectivity index (χ0v) is 11.7. The van der Waals surface area contributed by atoms with Crippen LogP contribution in [0.3, 0.4) is 0 Å². The molecule has 3 rings (SSSR count). The van der Waals surface area contributed by atoms with Gasteiger partial charge in [-0.25, -0.2) is 4.98 Å². The first-order valence-electron chi connectivity index (χ1n) is 6.76. The quantitative estimate of drug-likeness (QED) is 0.921. The number of nitrogens with one attached hydrogen (secondary N) is 1. The number of carbonyl (C=O) groups is 1. The van der Waals surface area contributed by atoms with Gasteiger partial charge >= 0.3 is 0 Å². The molecule has 0 spiro atoms. The predicted molar refractivity (Wildman–Crippen MR) is 76.5 cm³/mol. The Labute approximate surface area is 121 Å². The SMILES string of the molecule is Cc1cc(NC(=O)c2ccc(N3CCOCC3)cn2)no1. The van der Waals surface area contributed by atoms with Crippen LogP contribution >= 0.6 is 0 Å². The molecule has 1 N–H and O–H groups in total. The van der Waals surface area contributed by atoms with Crippen LogP contribution in [0.15, 0.2) is 28.9 Å². The first-order valence-corrected chi connectivity index (χ1v) is 6.76. The highest BCUT2D eigenvalue weighted by Crippen LogP contribution is 2.15. The minimum Gasteiger partial charge on any atom is -0.378 e. The van der Waals surface area contributed by atoms with Gasteiger partial charge in [-0.15, -0.1) is 0 Å². The Balaban J connectivity index is 1.67. The maximum absolute atomic E-state index is 12.0. The fourth-order valence-corrected chi connectivity index (χ4v) is 2.13. The molecule has 0 saturated carbocycles. The molecule has 7 nitrogen and oxygen atoms in total. The van der Waals surface area contributed by atoms with Gasteiger partial charge in [0.15, 0.2) is 5.82 Å². The van der Waals surface area contributed by atoms with Crippen molar-refractivity contribution < 1.29 is 14.1 Å².